The number of allylic oxidation sites excluding steroid dienone is 1. The van der Waals surface area contributed by atoms with Crippen LogP contribution in [0.3, 0.4) is 0 Å². The van der Waals surface area contributed by atoms with Gasteiger partial charge in [0.05, 0.1) is 6.61 Å². The third-order valence-corrected chi connectivity index (χ3v) is 6.45. The summed E-state index contributed by atoms with van der Waals surface area (Å²) in [5.41, 5.74) is 5.32. The maximum atomic E-state index is 5.63. The molecule has 1 nitrogen and oxygen atoms in total. The molecule has 1 saturated carbocycles. The third-order valence-electron chi connectivity index (χ3n) is 6.45. The zero-order chi connectivity index (χ0) is 20.3. The molecule has 0 saturated heterocycles. The molecule has 0 unspecified atom stereocenters. The molecule has 2 aromatic carbocycles. The molecule has 0 aliphatic heterocycles. The quantitative estimate of drug-likeness (QED) is 0.279. The molecule has 0 radical (unpaired) electrons. The summed E-state index contributed by atoms with van der Waals surface area (Å²) in [6.07, 6.45) is 14.0. The largest absolute Gasteiger partial charge is 0.377 e. The number of hydrogen-bond donors (Lipinski definition) is 0. The highest BCUT2D eigenvalue weighted by atomic mass is 16.5. The van der Waals surface area contributed by atoms with Crippen molar-refractivity contribution in [2.45, 2.75) is 71.3 Å². The van der Waals surface area contributed by atoms with Crippen LogP contribution in [-0.2, 0) is 17.8 Å². The van der Waals surface area contributed by atoms with Crippen molar-refractivity contribution in [3.05, 3.63) is 72.3 Å². The molecule has 1 fully saturated rings. The predicted octanol–water partition coefficient (Wildman–Crippen LogP) is 7.99. The van der Waals surface area contributed by atoms with Crippen molar-refractivity contribution in [2.75, 3.05) is 6.61 Å². The molecule has 0 atom stereocenters. The minimum atomic E-state index is 0.712. The van der Waals surface area contributed by atoms with Crippen LogP contribution in [0.1, 0.15) is 69.4 Å². The van der Waals surface area contributed by atoms with Gasteiger partial charge < -0.3 is 4.74 Å². The van der Waals surface area contributed by atoms with Crippen LogP contribution < -0.4 is 0 Å². The van der Waals surface area contributed by atoms with Crippen molar-refractivity contribution >= 4 is 0 Å². The van der Waals surface area contributed by atoms with Gasteiger partial charge in [-0.3, -0.25) is 0 Å². The second-order valence-electron chi connectivity index (χ2n) is 8.74. The average Bonchev–Trinajstić information content (AvgIpc) is 2.78. The van der Waals surface area contributed by atoms with E-state index in [-0.39, 0.29) is 0 Å². The van der Waals surface area contributed by atoms with Crippen LogP contribution in [-0.4, -0.2) is 6.61 Å². The summed E-state index contributed by atoms with van der Waals surface area (Å²) in [7, 11) is 0. The van der Waals surface area contributed by atoms with Gasteiger partial charge in [0.2, 0.25) is 0 Å². The van der Waals surface area contributed by atoms with Gasteiger partial charge in [-0.15, -0.1) is 6.58 Å². The van der Waals surface area contributed by atoms with Crippen molar-refractivity contribution in [1.82, 2.24) is 0 Å². The van der Waals surface area contributed by atoms with E-state index in [0.717, 1.165) is 24.9 Å². The highest BCUT2D eigenvalue weighted by Crippen LogP contribution is 2.34. The molecule has 0 aromatic heterocycles. The van der Waals surface area contributed by atoms with Gasteiger partial charge in [0, 0.05) is 6.61 Å². The molecule has 0 heterocycles. The third kappa shape index (κ3) is 7.16. The lowest BCUT2D eigenvalue weighted by atomic mass is 9.78. The molecule has 0 bridgehead atoms. The van der Waals surface area contributed by atoms with Crippen molar-refractivity contribution in [3.8, 4) is 11.1 Å². The molecule has 2 aromatic rings. The lowest BCUT2D eigenvalue weighted by Crippen LogP contribution is -2.15. The van der Waals surface area contributed by atoms with Gasteiger partial charge in [-0.25, -0.2) is 0 Å². The molecule has 0 N–H and O–H groups in total. The highest BCUT2D eigenvalue weighted by molar-refractivity contribution is 5.63. The van der Waals surface area contributed by atoms with E-state index >= 15 is 0 Å². The average molecular weight is 391 g/mol. The van der Waals surface area contributed by atoms with E-state index in [9.17, 15) is 0 Å². The van der Waals surface area contributed by atoms with E-state index in [1.807, 2.05) is 0 Å². The summed E-state index contributed by atoms with van der Waals surface area (Å²) in [5.74, 6) is 1.88. The predicted molar refractivity (Wildman–Crippen MR) is 125 cm³/mol. The molecule has 1 aliphatic rings. The summed E-state index contributed by atoms with van der Waals surface area (Å²) in [4.78, 5) is 0. The van der Waals surface area contributed by atoms with Crippen molar-refractivity contribution in [2.24, 2.45) is 11.8 Å². The molecule has 1 aliphatic carbocycles. The molecule has 0 spiro atoms. The summed E-state index contributed by atoms with van der Waals surface area (Å²) in [5, 5.41) is 0. The first-order valence-electron chi connectivity index (χ1n) is 11.7. The second kappa shape index (κ2) is 12.0. The Bertz CT molecular complexity index is 705. The summed E-state index contributed by atoms with van der Waals surface area (Å²) >= 11 is 0. The number of rotatable bonds is 11. The fourth-order valence-electron chi connectivity index (χ4n) is 4.52. The van der Waals surface area contributed by atoms with Gasteiger partial charge in [-0.2, -0.15) is 0 Å². The molecule has 3 rings (SSSR count). The lowest BCUT2D eigenvalue weighted by molar-refractivity contribution is 0.121. The van der Waals surface area contributed by atoms with Crippen LogP contribution in [0.25, 0.3) is 11.1 Å². The Hall–Kier alpha value is -1.86. The number of benzene rings is 2. The Morgan fingerprint density at radius 2 is 1.38 bits per heavy atom. The number of hydrogen-bond acceptors (Lipinski definition) is 1. The van der Waals surface area contributed by atoms with E-state index in [2.05, 4.69) is 68.1 Å². The number of ether oxygens (including phenoxy) is 1. The van der Waals surface area contributed by atoms with Gasteiger partial charge in [-0.05, 0) is 66.2 Å². The fourth-order valence-corrected chi connectivity index (χ4v) is 4.52. The molecular weight excluding hydrogens is 352 g/mol. The monoisotopic (exact) mass is 390 g/mol. The van der Waals surface area contributed by atoms with Crippen LogP contribution in [0.5, 0.6) is 0 Å². The minimum Gasteiger partial charge on any atom is -0.377 e. The van der Waals surface area contributed by atoms with Crippen molar-refractivity contribution in [3.63, 3.8) is 0 Å². The van der Waals surface area contributed by atoms with Crippen LogP contribution in [0.2, 0.25) is 0 Å². The van der Waals surface area contributed by atoms with Crippen molar-refractivity contribution < 1.29 is 4.74 Å². The Kier molecular flexibility index (Phi) is 9.02. The summed E-state index contributed by atoms with van der Waals surface area (Å²) in [6.45, 7) is 7.55. The topological polar surface area (TPSA) is 9.23 Å². The first-order chi connectivity index (χ1) is 14.3. The van der Waals surface area contributed by atoms with E-state index in [1.54, 1.807) is 0 Å². The standard InChI is InChI=1S/C28H38O/c1-3-5-6-23-7-9-24(10-8-23)11-12-25-13-17-27(18-14-25)28-19-15-26(16-20-28)22-29-21-4-2/h3,13-20,23-24H,1,4-12,21-22H2,2H3/t23-,24-. The maximum absolute atomic E-state index is 5.63. The Morgan fingerprint density at radius 1 is 0.828 bits per heavy atom. The molecule has 1 heteroatoms. The van der Waals surface area contributed by atoms with Crippen molar-refractivity contribution in [1.29, 1.82) is 0 Å². The Morgan fingerprint density at radius 3 is 1.93 bits per heavy atom. The van der Waals surface area contributed by atoms with Crippen LogP contribution >= 0.6 is 0 Å². The van der Waals surface area contributed by atoms with Gasteiger partial charge in [0.15, 0.2) is 0 Å². The highest BCUT2D eigenvalue weighted by Gasteiger charge is 2.20. The zero-order valence-electron chi connectivity index (χ0n) is 18.2. The second-order valence-corrected chi connectivity index (χ2v) is 8.74. The molecule has 29 heavy (non-hydrogen) atoms. The normalized spacial score (nSPS) is 19.2. The Labute approximate surface area is 178 Å². The zero-order valence-corrected chi connectivity index (χ0v) is 18.2. The first kappa shape index (κ1) is 21.8. The molecular formula is C28H38O. The van der Waals surface area contributed by atoms with Gasteiger partial charge in [-0.1, -0.05) is 87.2 Å². The van der Waals surface area contributed by atoms with Crippen LogP contribution in [0.15, 0.2) is 61.2 Å². The molecule has 0 amide bonds. The van der Waals surface area contributed by atoms with Crippen LogP contribution in [0.4, 0.5) is 0 Å². The van der Waals surface area contributed by atoms with Crippen LogP contribution in [0, 0.1) is 11.8 Å². The van der Waals surface area contributed by atoms with Gasteiger partial charge in [0.25, 0.3) is 0 Å². The maximum Gasteiger partial charge on any atom is 0.0716 e. The SMILES string of the molecule is C=CCC[C@H]1CC[C@H](CCc2ccc(-c3ccc(COCCC)cc3)cc2)CC1. The first-order valence-corrected chi connectivity index (χ1v) is 11.7. The van der Waals surface area contributed by atoms with E-state index in [0.29, 0.717) is 6.61 Å². The summed E-state index contributed by atoms with van der Waals surface area (Å²) < 4.78 is 5.63. The smallest absolute Gasteiger partial charge is 0.0716 e. The van der Waals surface area contributed by atoms with Gasteiger partial charge in [0.1, 0.15) is 0 Å². The number of aryl methyl sites for hydroxylation is 1. The van der Waals surface area contributed by atoms with E-state index in [1.165, 1.54) is 73.6 Å². The minimum absolute atomic E-state index is 0.712. The van der Waals surface area contributed by atoms with E-state index < -0.39 is 0 Å². The summed E-state index contributed by atoms with van der Waals surface area (Å²) in [6, 6.07) is 18.0. The van der Waals surface area contributed by atoms with Gasteiger partial charge >= 0.3 is 0 Å². The van der Waals surface area contributed by atoms with E-state index in [4.69, 9.17) is 4.74 Å². The molecule has 156 valence electrons. The Balaban J connectivity index is 1.44. The fraction of sp³-hybridized carbons (Fsp3) is 0.500. The lowest BCUT2D eigenvalue weighted by Gasteiger charge is -2.28.